The molecule has 0 fully saturated rings. The molecular formula is C44H12F10N8. The lowest BCUT2D eigenvalue weighted by atomic mass is 9.81. The lowest BCUT2D eigenvalue weighted by Gasteiger charge is -2.19. The van der Waals surface area contributed by atoms with Gasteiger partial charge in [-0.05, 0) is 45.9 Å². The second-order valence-electron chi connectivity index (χ2n) is 13.0. The molecule has 0 saturated heterocycles. The zero-order valence-electron chi connectivity index (χ0n) is 30.6. The Bertz CT molecular complexity index is 3250. The summed E-state index contributed by atoms with van der Waals surface area (Å²) >= 11 is 0. The fourth-order valence-corrected chi connectivity index (χ4v) is 7.37. The molecular weight excluding hydrogens is 831 g/mol. The normalized spacial score (nSPS) is 14.4. The van der Waals surface area contributed by atoms with Gasteiger partial charge in [-0.1, -0.05) is 54.1 Å². The zero-order valence-corrected chi connectivity index (χ0v) is 30.6. The standard InChI is InChI=1S/C44H12F10N8/c1-16-4-6-18(7-5-16)25-27(23(15-58)31-34(45)41(51)61-42(52)35(31)46)29-22(14-57)28-26(21(13-56)30(29)38(25)59-2)20(12-55)24(17-8-10-19(11-9-17)40(49)50)32(28)39(60-3)33-36(47)43(53)62-44(54)37(33)48/h4-11,40H,1H3/b27-23+,39-32-. The Hall–Kier alpha value is -8.84. The van der Waals surface area contributed by atoms with Crippen LogP contribution in [0.25, 0.3) is 54.5 Å². The summed E-state index contributed by atoms with van der Waals surface area (Å²) in [6, 6.07) is 15.9. The molecule has 0 unspecified atom stereocenters. The van der Waals surface area contributed by atoms with Crippen LogP contribution in [0.4, 0.5) is 43.9 Å². The number of alkyl halides is 2. The maximum atomic E-state index is 15.7. The summed E-state index contributed by atoms with van der Waals surface area (Å²) in [5.74, 6) is -18.0. The van der Waals surface area contributed by atoms with Crippen molar-refractivity contribution in [3.63, 3.8) is 0 Å². The summed E-state index contributed by atoms with van der Waals surface area (Å²) in [5.41, 5.74) is -15.2. The number of hydrogen-bond acceptors (Lipinski definition) is 6. The molecule has 0 N–H and O–H groups in total. The lowest BCUT2D eigenvalue weighted by molar-refractivity contribution is 0.151. The molecule has 0 atom stereocenters. The molecule has 8 nitrogen and oxygen atoms in total. The summed E-state index contributed by atoms with van der Waals surface area (Å²) in [7, 11) is 0. The van der Waals surface area contributed by atoms with Crippen LogP contribution in [0.2, 0.25) is 0 Å². The van der Waals surface area contributed by atoms with Gasteiger partial charge in [-0.25, -0.2) is 36.0 Å². The predicted molar refractivity (Wildman–Crippen MR) is 198 cm³/mol. The van der Waals surface area contributed by atoms with E-state index in [1.54, 1.807) is 25.1 Å². The van der Waals surface area contributed by atoms with Crippen LogP contribution in [0.5, 0.6) is 0 Å². The molecule has 2 aliphatic rings. The first kappa shape index (κ1) is 41.3. The average Bonchev–Trinajstić information content (AvgIpc) is 3.78. The molecule has 0 aliphatic heterocycles. The van der Waals surface area contributed by atoms with E-state index in [9.17, 15) is 47.4 Å². The quantitative estimate of drug-likeness (QED) is 0.0750. The average molecular weight is 843 g/mol. The van der Waals surface area contributed by atoms with Crippen molar-refractivity contribution in [2.45, 2.75) is 13.3 Å². The maximum absolute atomic E-state index is 15.7. The smallest absolute Gasteiger partial charge is 0.237 e. The molecule has 0 bridgehead atoms. The molecule has 0 radical (unpaired) electrons. The van der Waals surface area contributed by atoms with E-state index in [1.165, 1.54) is 30.3 Å². The molecule has 0 saturated carbocycles. The molecule has 2 aliphatic carbocycles. The van der Waals surface area contributed by atoms with Crippen molar-refractivity contribution < 1.29 is 43.9 Å². The number of fused-ring (bicyclic) bond motifs is 2. The van der Waals surface area contributed by atoms with Gasteiger partial charge in [0.1, 0.15) is 18.2 Å². The van der Waals surface area contributed by atoms with Gasteiger partial charge in [-0.2, -0.15) is 48.6 Å². The largest absolute Gasteiger partial charge is 0.263 e. The Morgan fingerprint density at radius 1 is 0.597 bits per heavy atom. The number of halogens is 10. The number of nitrogens with zero attached hydrogens (tertiary/aromatic N) is 8. The van der Waals surface area contributed by atoms with Gasteiger partial charge in [0.2, 0.25) is 11.4 Å². The zero-order chi connectivity index (χ0) is 45.1. The highest BCUT2D eigenvalue weighted by atomic mass is 19.3. The van der Waals surface area contributed by atoms with Gasteiger partial charge < -0.3 is 0 Å². The molecule has 5 aromatic rings. The molecule has 298 valence electrons. The topological polar surface area (TPSA) is 130 Å². The van der Waals surface area contributed by atoms with E-state index in [2.05, 4.69) is 19.7 Å². The van der Waals surface area contributed by atoms with Crippen molar-refractivity contribution in [1.29, 1.82) is 21.0 Å². The minimum atomic E-state index is -3.06. The molecule has 2 aromatic heterocycles. The number of pyridine rings is 2. The molecule has 62 heavy (non-hydrogen) atoms. The van der Waals surface area contributed by atoms with E-state index in [0.717, 1.165) is 24.3 Å². The maximum Gasteiger partial charge on any atom is 0.263 e. The van der Waals surface area contributed by atoms with E-state index in [4.69, 9.17) is 13.1 Å². The third-order valence-electron chi connectivity index (χ3n) is 9.90. The van der Waals surface area contributed by atoms with Gasteiger partial charge in [0, 0.05) is 22.3 Å². The van der Waals surface area contributed by atoms with Crippen molar-refractivity contribution in [3.05, 3.63) is 185 Å². The summed E-state index contributed by atoms with van der Waals surface area (Å²) in [4.78, 5) is 11.7. The Morgan fingerprint density at radius 2 is 1.06 bits per heavy atom. The van der Waals surface area contributed by atoms with Crippen molar-refractivity contribution in [1.82, 2.24) is 9.97 Å². The SMILES string of the molecule is [C-]#[N+]C1=C(c2ccc(C)cc2)/C(=C(/C#N)c2c(F)c(F)nc(F)c2F)c2c(C#N)c3c(c(C#N)c21)C(C#N)=C(c1ccc(C(F)F)cc1)/C3=C(/[N+]#[C-])c1c(F)c(F)nc(F)c1F. The minimum absolute atomic E-state index is 0.0512. The van der Waals surface area contributed by atoms with Crippen LogP contribution in [0.1, 0.15) is 73.2 Å². The summed E-state index contributed by atoms with van der Waals surface area (Å²) < 4.78 is 149. The number of benzene rings is 3. The summed E-state index contributed by atoms with van der Waals surface area (Å²) in [6.45, 7) is 18.0. The second kappa shape index (κ2) is 15.4. The predicted octanol–water partition coefficient (Wildman–Crippen LogP) is 11.0. The van der Waals surface area contributed by atoms with Crippen molar-refractivity contribution in [3.8, 4) is 24.3 Å². The number of nitriles is 4. The number of aryl methyl sites for hydroxylation is 1. The molecule has 3 aromatic carbocycles. The highest BCUT2D eigenvalue weighted by Gasteiger charge is 2.45. The Morgan fingerprint density at radius 3 is 1.52 bits per heavy atom. The number of rotatable bonds is 5. The molecule has 18 heteroatoms. The summed E-state index contributed by atoms with van der Waals surface area (Å²) in [6.07, 6.45) is -3.06. The Kier molecular flexibility index (Phi) is 10.3. The molecule has 0 spiro atoms. The molecule has 7 rings (SSSR count). The number of aromatic nitrogens is 2. The van der Waals surface area contributed by atoms with Gasteiger partial charge >= 0.3 is 0 Å². The molecule has 0 amide bonds. The second-order valence-corrected chi connectivity index (χ2v) is 13.0. The van der Waals surface area contributed by atoms with Crippen LogP contribution < -0.4 is 0 Å². The summed E-state index contributed by atoms with van der Waals surface area (Å²) in [5, 5.41) is 43.5. The highest BCUT2D eigenvalue weighted by molar-refractivity contribution is 6.35. The van der Waals surface area contributed by atoms with E-state index in [1.807, 2.05) is 0 Å². The first-order chi connectivity index (χ1) is 29.6. The van der Waals surface area contributed by atoms with Crippen molar-refractivity contribution in [2.24, 2.45) is 0 Å². The number of hydrogen-bond donors (Lipinski definition) is 0. The van der Waals surface area contributed by atoms with Crippen LogP contribution in [0.15, 0.2) is 48.5 Å². The van der Waals surface area contributed by atoms with Gasteiger partial charge in [0.05, 0.1) is 52.6 Å². The van der Waals surface area contributed by atoms with Crippen LogP contribution >= 0.6 is 0 Å². The molecule has 2 heterocycles. The highest BCUT2D eigenvalue weighted by Crippen LogP contribution is 2.60. The first-order valence-corrected chi connectivity index (χ1v) is 17.1. The van der Waals surface area contributed by atoms with Crippen LogP contribution in [0, 0.1) is 112 Å². The van der Waals surface area contributed by atoms with Crippen molar-refractivity contribution in [2.75, 3.05) is 0 Å². The van der Waals surface area contributed by atoms with Gasteiger partial charge in [-0.15, -0.1) is 0 Å². The minimum Gasteiger partial charge on any atom is -0.237 e. The Balaban J connectivity index is 1.82. The van der Waals surface area contributed by atoms with Gasteiger partial charge in [-0.3, -0.25) is 0 Å². The van der Waals surface area contributed by atoms with Crippen LogP contribution in [0.3, 0.4) is 0 Å². The first-order valence-electron chi connectivity index (χ1n) is 17.1. The van der Waals surface area contributed by atoms with E-state index in [0.29, 0.717) is 5.56 Å². The van der Waals surface area contributed by atoms with Gasteiger partial charge in [0.15, 0.2) is 23.3 Å². The Labute approximate surface area is 342 Å². The monoisotopic (exact) mass is 842 g/mol. The van der Waals surface area contributed by atoms with Crippen LogP contribution in [-0.4, -0.2) is 9.97 Å². The van der Waals surface area contributed by atoms with Crippen LogP contribution in [-0.2, 0) is 0 Å². The number of allylic oxidation sites excluding steroid dienone is 6. The van der Waals surface area contributed by atoms with E-state index >= 15 is 17.6 Å². The van der Waals surface area contributed by atoms with Crippen molar-refractivity contribution >= 4 is 44.8 Å². The third-order valence-corrected chi connectivity index (χ3v) is 9.90. The third kappa shape index (κ3) is 5.94. The van der Waals surface area contributed by atoms with Gasteiger partial charge in [0.25, 0.3) is 30.2 Å². The fourth-order valence-electron chi connectivity index (χ4n) is 7.37. The lowest BCUT2D eigenvalue weighted by Crippen LogP contribution is -2.09. The van der Waals surface area contributed by atoms with E-state index in [-0.39, 0.29) is 11.1 Å². The van der Waals surface area contributed by atoms with E-state index < -0.39 is 148 Å². The fraction of sp³-hybridized carbons (Fsp3) is 0.0455.